The molecule has 0 saturated carbocycles. The highest BCUT2D eigenvalue weighted by Crippen LogP contribution is 2.22. The number of hydrazone groups is 1. The molecule has 0 aliphatic carbocycles. The number of benzene rings is 2. The lowest BCUT2D eigenvalue weighted by atomic mass is 10.1. The maximum Gasteiger partial charge on any atom is 0.255 e. The summed E-state index contributed by atoms with van der Waals surface area (Å²) in [4.78, 5) is 12.3. The van der Waals surface area contributed by atoms with Crippen LogP contribution in [0.25, 0.3) is 0 Å². The number of aryl methyl sites for hydroxylation is 1. The first kappa shape index (κ1) is 15.7. The van der Waals surface area contributed by atoms with Crippen molar-refractivity contribution in [1.82, 2.24) is 0 Å². The molecule has 1 heterocycles. The molecule has 1 aliphatic rings. The molecule has 0 saturated heterocycles. The van der Waals surface area contributed by atoms with Crippen molar-refractivity contribution in [3.05, 3.63) is 58.1 Å². The van der Waals surface area contributed by atoms with Crippen LogP contribution in [0.3, 0.4) is 0 Å². The van der Waals surface area contributed by atoms with E-state index in [2.05, 4.69) is 26.3 Å². The van der Waals surface area contributed by atoms with Gasteiger partial charge in [0.05, 0.1) is 5.69 Å². The number of amides is 1. The Morgan fingerprint density at radius 2 is 1.91 bits per heavy atom. The van der Waals surface area contributed by atoms with Gasteiger partial charge in [0.1, 0.15) is 0 Å². The molecule has 0 aromatic heterocycles. The summed E-state index contributed by atoms with van der Waals surface area (Å²) in [5.74, 6) is -0.112. The molecule has 23 heavy (non-hydrogen) atoms. The summed E-state index contributed by atoms with van der Waals surface area (Å²) in [7, 11) is 0. The summed E-state index contributed by atoms with van der Waals surface area (Å²) in [6.45, 7) is 4.92. The van der Waals surface area contributed by atoms with E-state index in [0.29, 0.717) is 5.56 Å². The molecule has 0 spiro atoms. The zero-order valence-corrected chi connectivity index (χ0v) is 14.7. The average Bonchev–Trinajstić information content (AvgIpc) is 2.97. The van der Waals surface area contributed by atoms with E-state index in [-0.39, 0.29) is 5.91 Å². The molecule has 0 radical (unpaired) electrons. The van der Waals surface area contributed by atoms with E-state index in [1.807, 2.05) is 61.3 Å². The van der Waals surface area contributed by atoms with Gasteiger partial charge in [-0.2, -0.15) is 5.10 Å². The third kappa shape index (κ3) is 3.62. The van der Waals surface area contributed by atoms with Gasteiger partial charge in [0.2, 0.25) is 0 Å². The predicted octanol–water partition coefficient (Wildman–Crippen LogP) is 4.60. The lowest BCUT2D eigenvalue weighted by Gasteiger charge is -2.14. The summed E-state index contributed by atoms with van der Waals surface area (Å²) in [6.07, 6.45) is 0.991. The van der Waals surface area contributed by atoms with Crippen molar-refractivity contribution in [2.24, 2.45) is 5.10 Å². The molecular formula is C18H18BrN3O. The van der Waals surface area contributed by atoms with Gasteiger partial charge in [-0.3, -0.25) is 9.80 Å². The van der Waals surface area contributed by atoms with Gasteiger partial charge in [-0.1, -0.05) is 15.9 Å². The van der Waals surface area contributed by atoms with Crippen LogP contribution in [-0.2, 0) is 0 Å². The number of hydrogen-bond donors (Lipinski definition) is 1. The van der Waals surface area contributed by atoms with Gasteiger partial charge in [-0.15, -0.1) is 0 Å². The zero-order valence-electron chi connectivity index (χ0n) is 13.1. The molecule has 1 N–H and O–H groups in total. The number of anilines is 2. The summed E-state index contributed by atoms with van der Waals surface area (Å²) in [5.41, 5.74) is 4.66. The Balaban J connectivity index is 1.71. The molecule has 1 aliphatic heterocycles. The van der Waals surface area contributed by atoms with Crippen LogP contribution in [-0.4, -0.2) is 18.2 Å². The molecule has 0 bridgehead atoms. The van der Waals surface area contributed by atoms with Gasteiger partial charge in [-0.25, -0.2) is 0 Å². The molecule has 3 rings (SSSR count). The van der Waals surface area contributed by atoms with Crippen molar-refractivity contribution in [3.8, 4) is 0 Å². The maximum absolute atomic E-state index is 12.3. The smallest absolute Gasteiger partial charge is 0.255 e. The Bertz CT molecular complexity index is 768. The molecule has 0 fully saturated rings. The predicted molar refractivity (Wildman–Crippen MR) is 98.3 cm³/mol. The van der Waals surface area contributed by atoms with Crippen LogP contribution in [0, 0.1) is 6.92 Å². The van der Waals surface area contributed by atoms with E-state index in [4.69, 9.17) is 0 Å². The second-order valence-corrected chi connectivity index (χ2v) is 6.53. The number of carbonyl (C=O) groups excluding carboxylic acids is 1. The normalized spacial score (nSPS) is 13.9. The van der Waals surface area contributed by atoms with Crippen LogP contribution < -0.4 is 10.3 Å². The quantitative estimate of drug-likeness (QED) is 0.856. The van der Waals surface area contributed by atoms with Crippen molar-refractivity contribution in [2.45, 2.75) is 20.3 Å². The Morgan fingerprint density at radius 3 is 2.52 bits per heavy atom. The molecule has 1 amide bonds. The molecule has 0 atom stereocenters. The Hall–Kier alpha value is -2.14. The average molecular weight is 372 g/mol. The van der Waals surface area contributed by atoms with E-state index in [1.165, 1.54) is 0 Å². The highest BCUT2D eigenvalue weighted by atomic mass is 79.9. The van der Waals surface area contributed by atoms with E-state index in [9.17, 15) is 4.79 Å². The van der Waals surface area contributed by atoms with Gasteiger partial charge < -0.3 is 5.32 Å². The van der Waals surface area contributed by atoms with Gasteiger partial charge in [0, 0.05) is 34.4 Å². The third-order valence-corrected chi connectivity index (χ3v) is 4.71. The highest BCUT2D eigenvalue weighted by molar-refractivity contribution is 9.10. The van der Waals surface area contributed by atoms with Gasteiger partial charge in [0.25, 0.3) is 5.91 Å². The fourth-order valence-corrected chi connectivity index (χ4v) is 2.72. The largest absolute Gasteiger partial charge is 0.322 e. The minimum atomic E-state index is -0.112. The fourth-order valence-electron chi connectivity index (χ4n) is 2.47. The number of nitrogens with one attached hydrogen (secondary N) is 1. The maximum atomic E-state index is 12.3. The first-order valence-corrected chi connectivity index (χ1v) is 8.31. The van der Waals surface area contributed by atoms with Gasteiger partial charge in [-0.05, 0) is 61.9 Å². The summed E-state index contributed by atoms with van der Waals surface area (Å²) >= 11 is 3.46. The van der Waals surface area contributed by atoms with E-state index >= 15 is 0 Å². The lowest BCUT2D eigenvalue weighted by Crippen LogP contribution is -2.14. The summed E-state index contributed by atoms with van der Waals surface area (Å²) < 4.78 is 1.03. The molecule has 2 aromatic carbocycles. The molecule has 0 unspecified atom stereocenters. The Labute approximate surface area is 144 Å². The van der Waals surface area contributed by atoms with E-state index in [0.717, 1.165) is 40.1 Å². The van der Waals surface area contributed by atoms with Gasteiger partial charge in [0.15, 0.2) is 0 Å². The number of carbonyl (C=O) groups is 1. The Kier molecular flexibility index (Phi) is 4.48. The van der Waals surface area contributed by atoms with Crippen molar-refractivity contribution in [3.63, 3.8) is 0 Å². The number of nitrogens with zero attached hydrogens (tertiary/aromatic N) is 2. The van der Waals surface area contributed by atoms with Crippen molar-refractivity contribution < 1.29 is 4.79 Å². The second-order valence-electron chi connectivity index (χ2n) is 5.67. The number of rotatable bonds is 3. The summed E-state index contributed by atoms with van der Waals surface area (Å²) in [6, 6.07) is 13.3. The van der Waals surface area contributed by atoms with Crippen LogP contribution >= 0.6 is 15.9 Å². The van der Waals surface area contributed by atoms with E-state index < -0.39 is 0 Å². The molecule has 5 heteroatoms. The van der Waals surface area contributed by atoms with Crippen molar-refractivity contribution in [1.29, 1.82) is 0 Å². The lowest BCUT2D eigenvalue weighted by molar-refractivity contribution is 0.102. The fraction of sp³-hybridized carbons (Fsp3) is 0.222. The SMILES string of the molecule is CC1=NN(c2ccc(C(=O)Nc3ccc(Br)c(C)c3)cc2)CC1. The highest BCUT2D eigenvalue weighted by Gasteiger charge is 2.13. The first-order valence-electron chi connectivity index (χ1n) is 7.52. The number of hydrogen-bond acceptors (Lipinski definition) is 3. The molecular weight excluding hydrogens is 354 g/mol. The van der Waals surface area contributed by atoms with Crippen LogP contribution in [0.1, 0.15) is 29.3 Å². The molecule has 2 aromatic rings. The first-order chi connectivity index (χ1) is 11.0. The van der Waals surface area contributed by atoms with Gasteiger partial charge >= 0.3 is 0 Å². The second kappa shape index (κ2) is 6.54. The van der Waals surface area contributed by atoms with Crippen LogP contribution in [0.5, 0.6) is 0 Å². The van der Waals surface area contributed by atoms with Crippen LogP contribution in [0.2, 0.25) is 0 Å². The third-order valence-electron chi connectivity index (χ3n) is 3.82. The van der Waals surface area contributed by atoms with Crippen LogP contribution in [0.4, 0.5) is 11.4 Å². The summed E-state index contributed by atoms with van der Waals surface area (Å²) in [5, 5.41) is 9.35. The minimum absolute atomic E-state index is 0.112. The minimum Gasteiger partial charge on any atom is -0.322 e. The van der Waals surface area contributed by atoms with Crippen molar-refractivity contribution in [2.75, 3.05) is 16.9 Å². The van der Waals surface area contributed by atoms with Crippen molar-refractivity contribution >= 4 is 38.9 Å². The molecule has 118 valence electrons. The number of halogens is 1. The standard InChI is InChI=1S/C18H18BrN3O/c1-12-11-15(5-8-17(12)19)20-18(23)14-3-6-16(7-4-14)22-10-9-13(2)21-22/h3-8,11H,9-10H2,1-2H3,(H,20,23). The molecule has 4 nitrogen and oxygen atoms in total. The topological polar surface area (TPSA) is 44.7 Å². The van der Waals surface area contributed by atoms with Crippen LogP contribution in [0.15, 0.2) is 52.0 Å². The Morgan fingerprint density at radius 1 is 1.17 bits per heavy atom. The monoisotopic (exact) mass is 371 g/mol. The zero-order chi connectivity index (χ0) is 16.4. The van der Waals surface area contributed by atoms with E-state index in [1.54, 1.807) is 0 Å².